The first-order valence-corrected chi connectivity index (χ1v) is 7.54. The summed E-state index contributed by atoms with van der Waals surface area (Å²) in [5.41, 5.74) is 3.35. The van der Waals surface area contributed by atoms with Crippen LogP contribution in [-0.2, 0) is 6.54 Å². The summed E-state index contributed by atoms with van der Waals surface area (Å²) >= 11 is 0. The minimum absolute atomic E-state index is 0.215. The molecule has 2 aromatic heterocycles. The summed E-state index contributed by atoms with van der Waals surface area (Å²) in [7, 11) is 1.67. The second-order valence-corrected chi connectivity index (χ2v) is 5.74. The van der Waals surface area contributed by atoms with Gasteiger partial charge < -0.3 is 4.90 Å². The number of hydrogen-bond donors (Lipinski definition) is 0. The largest absolute Gasteiger partial charge is 0.337 e. The molecule has 2 heterocycles. The van der Waals surface area contributed by atoms with E-state index in [2.05, 4.69) is 15.0 Å². The zero-order valence-corrected chi connectivity index (χ0v) is 13.7. The second kappa shape index (κ2) is 6.31. The number of aryl methyl sites for hydroxylation is 2. The number of benzene rings is 1. The number of rotatable bonds is 3. The fourth-order valence-electron chi connectivity index (χ4n) is 2.50. The van der Waals surface area contributed by atoms with Crippen molar-refractivity contribution in [3.05, 3.63) is 65.0 Å². The highest BCUT2D eigenvalue weighted by Crippen LogP contribution is 2.21. The summed E-state index contributed by atoms with van der Waals surface area (Å²) in [6.07, 6.45) is 3.37. The predicted molar refractivity (Wildman–Crippen MR) is 89.0 cm³/mol. The van der Waals surface area contributed by atoms with Gasteiger partial charge in [0.15, 0.2) is 0 Å². The Hall–Kier alpha value is -2.89. The van der Waals surface area contributed by atoms with E-state index in [0.717, 1.165) is 17.0 Å². The Balaban J connectivity index is 2.01. The molecule has 0 radical (unpaired) electrons. The highest BCUT2D eigenvalue weighted by Gasteiger charge is 2.19. The second-order valence-electron chi connectivity index (χ2n) is 5.74. The summed E-state index contributed by atoms with van der Waals surface area (Å²) in [5, 5.41) is 0. The fraction of sp³-hybridized carbons (Fsp3) is 0.222. The monoisotopic (exact) mass is 324 g/mol. The summed E-state index contributed by atoms with van der Waals surface area (Å²) < 4.78 is 13.9. The van der Waals surface area contributed by atoms with Gasteiger partial charge in [-0.25, -0.2) is 14.4 Å². The van der Waals surface area contributed by atoms with E-state index in [1.165, 1.54) is 17.0 Å². The van der Waals surface area contributed by atoms with Crippen molar-refractivity contribution >= 4 is 16.9 Å². The molecule has 0 aliphatic carbocycles. The molecule has 0 fully saturated rings. The maximum absolute atomic E-state index is 13.9. The molecule has 0 bridgehead atoms. The molecule has 122 valence electrons. The third-order valence-electron chi connectivity index (χ3n) is 3.87. The quantitative estimate of drug-likeness (QED) is 0.743. The lowest BCUT2D eigenvalue weighted by molar-refractivity contribution is 0.0786. The highest BCUT2D eigenvalue weighted by atomic mass is 19.1. The van der Waals surface area contributed by atoms with Crippen LogP contribution in [0.5, 0.6) is 0 Å². The van der Waals surface area contributed by atoms with Crippen LogP contribution in [0, 0.1) is 19.7 Å². The average Bonchev–Trinajstić information content (AvgIpc) is 2.56. The molecule has 3 aromatic rings. The number of carbonyl (C=O) groups is 1. The normalized spacial score (nSPS) is 10.8. The molecule has 6 heteroatoms. The van der Waals surface area contributed by atoms with Crippen LogP contribution in [-0.4, -0.2) is 32.8 Å². The van der Waals surface area contributed by atoms with E-state index in [9.17, 15) is 9.18 Å². The number of fused-ring (bicyclic) bond motifs is 1. The van der Waals surface area contributed by atoms with Crippen molar-refractivity contribution in [2.75, 3.05) is 7.05 Å². The lowest BCUT2D eigenvalue weighted by atomic mass is 10.1. The van der Waals surface area contributed by atoms with Gasteiger partial charge in [0.05, 0.1) is 22.5 Å². The van der Waals surface area contributed by atoms with Crippen molar-refractivity contribution in [2.24, 2.45) is 0 Å². The Morgan fingerprint density at radius 2 is 1.96 bits per heavy atom. The summed E-state index contributed by atoms with van der Waals surface area (Å²) in [5.74, 6) is -0.806. The first-order valence-electron chi connectivity index (χ1n) is 7.54. The van der Waals surface area contributed by atoms with Crippen molar-refractivity contribution in [2.45, 2.75) is 20.4 Å². The van der Waals surface area contributed by atoms with E-state index in [-0.39, 0.29) is 11.5 Å². The van der Waals surface area contributed by atoms with Gasteiger partial charge in [0, 0.05) is 32.1 Å². The number of halogens is 1. The molecule has 0 saturated carbocycles. The van der Waals surface area contributed by atoms with Gasteiger partial charge in [0.2, 0.25) is 0 Å². The molecule has 5 nitrogen and oxygen atoms in total. The lowest BCUT2D eigenvalue weighted by Crippen LogP contribution is -2.27. The molecular weight excluding hydrogens is 307 g/mol. The Kier molecular flexibility index (Phi) is 4.20. The summed E-state index contributed by atoms with van der Waals surface area (Å²) in [6.45, 7) is 4.00. The van der Waals surface area contributed by atoms with Gasteiger partial charge >= 0.3 is 0 Å². The van der Waals surface area contributed by atoms with E-state index < -0.39 is 5.82 Å². The van der Waals surface area contributed by atoms with Gasteiger partial charge in [0.25, 0.3) is 5.91 Å². The molecular formula is C18H17FN4O. The molecule has 1 amide bonds. The van der Waals surface area contributed by atoms with E-state index in [0.29, 0.717) is 17.6 Å². The molecule has 24 heavy (non-hydrogen) atoms. The third kappa shape index (κ3) is 3.08. The van der Waals surface area contributed by atoms with Crippen molar-refractivity contribution < 1.29 is 9.18 Å². The molecule has 0 saturated heterocycles. The Bertz CT molecular complexity index is 912. The maximum atomic E-state index is 13.9. The molecule has 0 aliphatic heterocycles. The molecule has 0 unspecified atom stereocenters. The molecule has 0 N–H and O–H groups in total. The van der Waals surface area contributed by atoms with Crippen LogP contribution in [0.2, 0.25) is 0 Å². The summed E-state index contributed by atoms with van der Waals surface area (Å²) in [6, 6.07) is 6.21. The molecule has 0 aliphatic rings. The van der Waals surface area contributed by atoms with Gasteiger partial charge in [-0.05, 0) is 31.5 Å². The van der Waals surface area contributed by atoms with Crippen LogP contribution in [0.4, 0.5) is 4.39 Å². The van der Waals surface area contributed by atoms with E-state index in [1.54, 1.807) is 19.4 Å². The Morgan fingerprint density at radius 3 is 2.67 bits per heavy atom. The number of carbonyl (C=O) groups excluding carboxylic acids is 1. The van der Waals surface area contributed by atoms with Gasteiger partial charge in [0.1, 0.15) is 11.3 Å². The molecule has 0 atom stereocenters. The lowest BCUT2D eigenvalue weighted by Gasteiger charge is -2.18. The Labute approximate surface area is 139 Å². The van der Waals surface area contributed by atoms with Crippen LogP contribution in [0.1, 0.15) is 27.3 Å². The smallest absolute Gasteiger partial charge is 0.256 e. The van der Waals surface area contributed by atoms with Crippen molar-refractivity contribution in [3.8, 4) is 0 Å². The first kappa shape index (κ1) is 16.0. The SMILES string of the molecule is Cc1nc2cc(F)cc(C(=O)N(C)Cc3cccnc3)c2nc1C. The van der Waals surface area contributed by atoms with Gasteiger partial charge in [-0.3, -0.25) is 9.78 Å². The highest BCUT2D eigenvalue weighted by molar-refractivity contribution is 6.04. The zero-order chi connectivity index (χ0) is 17.3. The topological polar surface area (TPSA) is 59.0 Å². The predicted octanol–water partition coefficient (Wildman–Crippen LogP) is 3.05. The van der Waals surface area contributed by atoms with Crippen LogP contribution >= 0.6 is 0 Å². The number of aromatic nitrogens is 3. The number of hydrogen-bond acceptors (Lipinski definition) is 4. The average molecular weight is 324 g/mol. The molecule has 0 spiro atoms. The van der Waals surface area contributed by atoms with Crippen LogP contribution in [0.25, 0.3) is 11.0 Å². The van der Waals surface area contributed by atoms with Crippen LogP contribution in [0.15, 0.2) is 36.7 Å². The number of pyridine rings is 1. The van der Waals surface area contributed by atoms with E-state index in [4.69, 9.17) is 0 Å². The number of nitrogens with zero attached hydrogens (tertiary/aromatic N) is 4. The van der Waals surface area contributed by atoms with Crippen molar-refractivity contribution in [3.63, 3.8) is 0 Å². The third-order valence-corrected chi connectivity index (χ3v) is 3.87. The van der Waals surface area contributed by atoms with Gasteiger partial charge in [-0.15, -0.1) is 0 Å². The summed E-state index contributed by atoms with van der Waals surface area (Å²) in [4.78, 5) is 27.1. The molecule has 1 aromatic carbocycles. The van der Waals surface area contributed by atoms with Gasteiger partial charge in [-0.1, -0.05) is 6.07 Å². The van der Waals surface area contributed by atoms with E-state index >= 15 is 0 Å². The minimum atomic E-state index is -0.502. The zero-order valence-electron chi connectivity index (χ0n) is 13.7. The van der Waals surface area contributed by atoms with Crippen LogP contribution < -0.4 is 0 Å². The van der Waals surface area contributed by atoms with Gasteiger partial charge in [-0.2, -0.15) is 0 Å². The minimum Gasteiger partial charge on any atom is -0.337 e. The van der Waals surface area contributed by atoms with Crippen LogP contribution in [0.3, 0.4) is 0 Å². The maximum Gasteiger partial charge on any atom is 0.256 e. The van der Waals surface area contributed by atoms with E-state index in [1.807, 2.05) is 26.0 Å². The van der Waals surface area contributed by atoms with Crippen molar-refractivity contribution in [1.82, 2.24) is 19.9 Å². The molecule has 3 rings (SSSR count). The number of amides is 1. The standard InChI is InChI=1S/C18H17FN4O/c1-11-12(2)22-17-15(7-14(19)8-16(17)21-11)18(24)23(3)10-13-5-4-6-20-9-13/h4-9H,10H2,1-3H3. The Morgan fingerprint density at radius 1 is 1.21 bits per heavy atom. The van der Waals surface area contributed by atoms with Crippen molar-refractivity contribution in [1.29, 1.82) is 0 Å². The first-order chi connectivity index (χ1) is 11.5. The fourth-order valence-corrected chi connectivity index (χ4v) is 2.50.